The van der Waals surface area contributed by atoms with Gasteiger partial charge in [-0.1, -0.05) is 39.3 Å². The highest BCUT2D eigenvalue weighted by molar-refractivity contribution is 5.81. The van der Waals surface area contributed by atoms with Crippen molar-refractivity contribution in [3.8, 4) is 0 Å². The number of Topliss-reactive ketones (excluding diaryl/α,β-unsaturated/α-hetero) is 1. The van der Waals surface area contributed by atoms with E-state index in [1.165, 1.54) is 0 Å². The Morgan fingerprint density at radius 2 is 2.09 bits per heavy atom. The van der Waals surface area contributed by atoms with E-state index in [0.717, 1.165) is 12.8 Å². The first-order chi connectivity index (χ1) is 5.22. The van der Waals surface area contributed by atoms with E-state index < -0.39 is 0 Å². The maximum absolute atomic E-state index is 11.1. The minimum absolute atomic E-state index is 0.117. The number of carbonyl (C=O) groups excluding carboxylic acids is 1. The van der Waals surface area contributed by atoms with Crippen LogP contribution in [0.2, 0.25) is 0 Å². The van der Waals surface area contributed by atoms with Crippen molar-refractivity contribution in [1.29, 1.82) is 0 Å². The minimum atomic E-state index is 0.117. The van der Waals surface area contributed by atoms with E-state index in [9.17, 15) is 4.79 Å². The van der Waals surface area contributed by atoms with Crippen LogP contribution in [-0.4, -0.2) is 5.78 Å². The van der Waals surface area contributed by atoms with E-state index in [-0.39, 0.29) is 5.92 Å². The molecule has 0 radical (unpaired) electrons. The van der Waals surface area contributed by atoms with Crippen molar-refractivity contribution in [3.05, 3.63) is 12.2 Å². The molecule has 0 aromatic heterocycles. The normalized spacial score (nSPS) is 13.7. The highest BCUT2D eigenvalue weighted by Gasteiger charge is 2.04. The van der Waals surface area contributed by atoms with Crippen LogP contribution in [0.3, 0.4) is 0 Å². The molecule has 0 aliphatic rings. The quantitative estimate of drug-likeness (QED) is 0.556. The molecule has 0 N–H and O–H groups in total. The Morgan fingerprint density at radius 3 is 2.55 bits per heavy atom. The predicted octanol–water partition coefficient (Wildman–Crippen LogP) is 2.96. The number of hydrogen-bond donors (Lipinski definition) is 0. The van der Waals surface area contributed by atoms with E-state index in [1.54, 1.807) is 0 Å². The zero-order valence-corrected chi connectivity index (χ0v) is 7.76. The fraction of sp³-hybridized carbons (Fsp3) is 0.700. The number of hydrogen-bond acceptors (Lipinski definition) is 1. The lowest BCUT2D eigenvalue weighted by atomic mass is 10.0. The summed E-state index contributed by atoms with van der Waals surface area (Å²) in [5.74, 6) is 0.448. The molecule has 1 heteroatoms. The van der Waals surface area contributed by atoms with E-state index in [1.807, 2.05) is 19.9 Å². The lowest BCUT2D eigenvalue weighted by Gasteiger charge is -2.00. The Hall–Kier alpha value is -0.590. The summed E-state index contributed by atoms with van der Waals surface area (Å²) in [7, 11) is 0. The number of carbonyl (C=O) groups is 1. The fourth-order valence-electron chi connectivity index (χ4n) is 0.896. The maximum atomic E-state index is 11.1. The Bertz CT molecular complexity index is 136. The van der Waals surface area contributed by atoms with Gasteiger partial charge < -0.3 is 0 Å². The molecule has 0 fully saturated rings. The zero-order chi connectivity index (χ0) is 8.69. The fourth-order valence-corrected chi connectivity index (χ4v) is 0.896. The van der Waals surface area contributed by atoms with Crippen LogP contribution in [0, 0.1) is 5.92 Å². The van der Waals surface area contributed by atoms with Gasteiger partial charge >= 0.3 is 0 Å². The van der Waals surface area contributed by atoms with Crippen molar-refractivity contribution in [2.45, 2.75) is 40.0 Å². The second-order valence-electron chi connectivity index (χ2n) is 2.83. The topological polar surface area (TPSA) is 17.1 Å². The van der Waals surface area contributed by atoms with Crippen LogP contribution in [0.4, 0.5) is 0 Å². The molecule has 0 aliphatic carbocycles. The van der Waals surface area contributed by atoms with Crippen LogP contribution < -0.4 is 0 Å². The van der Waals surface area contributed by atoms with Crippen LogP contribution in [0.25, 0.3) is 0 Å². The highest BCUT2D eigenvalue weighted by Crippen LogP contribution is 2.03. The van der Waals surface area contributed by atoms with Crippen molar-refractivity contribution in [2.24, 2.45) is 5.92 Å². The van der Waals surface area contributed by atoms with Crippen molar-refractivity contribution in [1.82, 2.24) is 0 Å². The molecule has 11 heavy (non-hydrogen) atoms. The van der Waals surface area contributed by atoms with Crippen LogP contribution >= 0.6 is 0 Å². The van der Waals surface area contributed by atoms with Crippen LogP contribution in [0.1, 0.15) is 40.0 Å². The molecular weight excluding hydrogens is 136 g/mol. The zero-order valence-electron chi connectivity index (χ0n) is 7.76. The maximum Gasteiger partial charge on any atom is 0.139 e. The van der Waals surface area contributed by atoms with Crippen molar-refractivity contribution >= 4 is 5.78 Å². The molecule has 0 unspecified atom stereocenters. The smallest absolute Gasteiger partial charge is 0.139 e. The monoisotopic (exact) mass is 154 g/mol. The third-order valence-corrected chi connectivity index (χ3v) is 1.74. The summed E-state index contributed by atoms with van der Waals surface area (Å²) in [6.07, 6.45) is 7.00. The van der Waals surface area contributed by atoms with Gasteiger partial charge in [0.25, 0.3) is 0 Å². The summed E-state index contributed by atoms with van der Waals surface area (Å²) in [5, 5.41) is 0. The summed E-state index contributed by atoms with van der Waals surface area (Å²) < 4.78 is 0. The number of allylic oxidation sites excluding steroid dienone is 2. The standard InChI is InChI=1S/C10H18O/c1-4-6-7-8-9(3)10(11)5-2/h7-9H,4-6H2,1-3H3/b8-7+/t9-/m0/s1. The van der Waals surface area contributed by atoms with Gasteiger partial charge in [-0.15, -0.1) is 0 Å². The van der Waals surface area contributed by atoms with Gasteiger partial charge in [0.2, 0.25) is 0 Å². The van der Waals surface area contributed by atoms with E-state index >= 15 is 0 Å². The minimum Gasteiger partial charge on any atom is -0.299 e. The molecule has 0 rings (SSSR count). The van der Waals surface area contributed by atoms with E-state index in [4.69, 9.17) is 0 Å². The molecule has 0 spiro atoms. The third kappa shape index (κ3) is 4.77. The molecule has 0 bridgehead atoms. The van der Waals surface area contributed by atoms with Crippen LogP contribution in [-0.2, 0) is 4.79 Å². The Kier molecular flexibility index (Phi) is 5.81. The van der Waals surface area contributed by atoms with Gasteiger partial charge in [-0.25, -0.2) is 0 Å². The summed E-state index contributed by atoms with van der Waals surface area (Å²) in [6.45, 7) is 6.00. The number of ketones is 1. The molecule has 0 aromatic rings. The van der Waals surface area contributed by atoms with Crippen LogP contribution in [0.5, 0.6) is 0 Å². The van der Waals surface area contributed by atoms with Crippen LogP contribution in [0.15, 0.2) is 12.2 Å². The second-order valence-corrected chi connectivity index (χ2v) is 2.83. The Morgan fingerprint density at radius 1 is 1.45 bits per heavy atom. The second kappa shape index (κ2) is 6.14. The molecule has 0 heterocycles. The van der Waals surface area contributed by atoms with Crippen molar-refractivity contribution < 1.29 is 4.79 Å². The lowest BCUT2D eigenvalue weighted by Crippen LogP contribution is -2.05. The van der Waals surface area contributed by atoms with Gasteiger partial charge in [-0.3, -0.25) is 4.79 Å². The molecule has 0 amide bonds. The number of unbranched alkanes of at least 4 members (excludes halogenated alkanes) is 1. The van der Waals surface area contributed by atoms with Gasteiger partial charge in [0.1, 0.15) is 5.78 Å². The van der Waals surface area contributed by atoms with E-state index in [2.05, 4.69) is 13.0 Å². The number of rotatable bonds is 5. The lowest BCUT2D eigenvalue weighted by molar-refractivity contribution is -0.120. The summed E-state index contributed by atoms with van der Waals surface area (Å²) in [6, 6.07) is 0. The molecule has 0 saturated carbocycles. The van der Waals surface area contributed by atoms with E-state index in [0.29, 0.717) is 12.2 Å². The first kappa shape index (κ1) is 10.4. The molecule has 0 saturated heterocycles. The molecule has 0 aliphatic heterocycles. The van der Waals surface area contributed by atoms with Gasteiger partial charge in [0, 0.05) is 12.3 Å². The van der Waals surface area contributed by atoms with Gasteiger partial charge in [0.05, 0.1) is 0 Å². The molecular formula is C10H18O. The third-order valence-electron chi connectivity index (χ3n) is 1.74. The summed E-state index contributed by atoms with van der Waals surface area (Å²) in [5.41, 5.74) is 0. The van der Waals surface area contributed by atoms with Gasteiger partial charge in [-0.2, -0.15) is 0 Å². The molecule has 1 nitrogen and oxygen atoms in total. The predicted molar refractivity (Wildman–Crippen MR) is 48.5 cm³/mol. The van der Waals surface area contributed by atoms with Gasteiger partial charge in [0.15, 0.2) is 0 Å². The van der Waals surface area contributed by atoms with Crippen molar-refractivity contribution in [2.75, 3.05) is 0 Å². The molecule has 64 valence electrons. The average Bonchev–Trinajstić information content (AvgIpc) is 2.03. The molecule has 1 atom stereocenters. The summed E-state index contributed by atoms with van der Waals surface area (Å²) >= 11 is 0. The van der Waals surface area contributed by atoms with Crippen molar-refractivity contribution in [3.63, 3.8) is 0 Å². The highest BCUT2D eigenvalue weighted by atomic mass is 16.1. The first-order valence-electron chi connectivity index (χ1n) is 4.41. The summed E-state index contributed by atoms with van der Waals surface area (Å²) in [4.78, 5) is 11.1. The van der Waals surface area contributed by atoms with Gasteiger partial charge in [-0.05, 0) is 6.42 Å². The SMILES string of the molecule is CCC/C=C/[C@H](C)C(=O)CC. The Labute approximate surface area is 69.5 Å². The Balaban J connectivity index is 3.66. The first-order valence-corrected chi connectivity index (χ1v) is 4.41. The largest absolute Gasteiger partial charge is 0.299 e. The molecule has 0 aromatic carbocycles. The average molecular weight is 154 g/mol.